The molecular weight excluding hydrogens is 306 g/mol. The molecule has 0 spiro atoms. The second-order valence-electron chi connectivity index (χ2n) is 5.56. The molecule has 1 saturated carbocycles. The Morgan fingerprint density at radius 2 is 1.95 bits per heavy atom. The number of hydrogen-bond acceptors (Lipinski definition) is 5. The first-order chi connectivity index (χ1) is 10.3. The van der Waals surface area contributed by atoms with Crippen molar-refractivity contribution in [3.63, 3.8) is 0 Å². The van der Waals surface area contributed by atoms with Gasteiger partial charge in [0.1, 0.15) is 0 Å². The number of nitrogens with one attached hydrogen (secondary N) is 1. The van der Waals surface area contributed by atoms with Gasteiger partial charge in [-0.15, -0.1) is 0 Å². The number of aliphatic hydroxyl groups excluding tert-OH is 1. The van der Waals surface area contributed by atoms with Crippen molar-refractivity contribution in [1.82, 2.24) is 4.72 Å². The Kier molecular flexibility index (Phi) is 4.89. The third-order valence-corrected chi connectivity index (χ3v) is 5.35. The molecule has 22 heavy (non-hydrogen) atoms. The highest BCUT2D eigenvalue weighted by molar-refractivity contribution is 7.89. The summed E-state index contributed by atoms with van der Waals surface area (Å²) in [6, 6.07) is 6.41. The predicted octanol–water partition coefficient (Wildman–Crippen LogP) is 0.978. The van der Waals surface area contributed by atoms with Gasteiger partial charge in [-0.1, -0.05) is 17.7 Å². The Morgan fingerprint density at radius 3 is 2.45 bits per heavy atom. The van der Waals surface area contributed by atoms with Crippen molar-refractivity contribution in [1.29, 1.82) is 0 Å². The molecule has 1 aliphatic carbocycles. The highest BCUT2D eigenvalue weighted by atomic mass is 32.2. The van der Waals surface area contributed by atoms with Gasteiger partial charge in [-0.3, -0.25) is 4.79 Å². The third-order valence-electron chi connectivity index (χ3n) is 3.91. The predicted molar refractivity (Wildman–Crippen MR) is 80.7 cm³/mol. The average molecular weight is 327 g/mol. The van der Waals surface area contributed by atoms with E-state index in [9.17, 15) is 18.3 Å². The fourth-order valence-electron chi connectivity index (χ4n) is 2.27. The topological polar surface area (TPSA) is 92.7 Å². The van der Waals surface area contributed by atoms with Crippen LogP contribution in [0.15, 0.2) is 29.2 Å². The smallest absolute Gasteiger partial charge is 0.314 e. The number of carbonyl (C=O) groups is 1. The SMILES string of the molecule is CCOC(=O)C1(C(O)CNS(=O)(=O)c2ccc(C)cc2)CC1. The first kappa shape index (κ1) is 16.9. The summed E-state index contributed by atoms with van der Waals surface area (Å²) >= 11 is 0. The molecular formula is C15H21NO5S. The van der Waals surface area contributed by atoms with E-state index in [1.54, 1.807) is 19.1 Å². The summed E-state index contributed by atoms with van der Waals surface area (Å²) in [5.74, 6) is -0.461. The van der Waals surface area contributed by atoms with Crippen LogP contribution in [0.25, 0.3) is 0 Å². The zero-order valence-electron chi connectivity index (χ0n) is 12.7. The van der Waals surface area contributed by atoms with Crippen molar-refractivity contribution < 1.29 is 23.1 Å². The van der Waals surface area contributed by atoms with Crippen LogP contribution in [-0.2, 0) is 19.6 Å². The fourth-order valence-corrected chi connectivity index (χ4v) is 3.31. The Labute approximate surface area is 130 Å². The second-order valence-corrected chi connectivity index (χ2v) is 7.32. The number of rotatable bonds is 7. The maximum Gasteiger partial charge on any atom is 0.314 e. The molecule has 1 fully saturated rings. The van der Waals surface area contributed by atoms with Gasteiger partial charge in [-0.2, -0.15) is 0 Å². The van der Waals surface area contributed by atoms with Gasteiger partial charge in [0.15, 0.2) is 0 Å². The number of ether oxygens (including phenoxy) is 1. The van der Waals surface area contributed by atoms with Gasteiger partial charge in [0.05, 0.1) is 23.0 Å². The molecule has 1 aliphatic rings. The third kappa shape index (κ3) is 3.48. The zero-order chi connectivity index (χ0) is 16.4. The molecule has 1 atom stereocenters. The van der Waals surface area contributed by atoms with Crippen LogP contribution in [0.5, 0.6) is 0 Å². The first-order valence-electron chi connectivity index (χ1n) is 7.23. The molecule has 2 rings (SSSR count). The molecule has 7 heteroatoms. The Hall–Kier alpha value is -1.44. The van der Waals surface area contributed by atoms with E-state index >= 15 is 0 Å². The largest absolute Gasteiger partial charge is 0.465 e. The van der Waals surface area contributed by atoms with E-state index in [1.807, 2.05) is 6.92 Å². The molecule has 0 heterocycles. The maximum atomic E-state index is 12.2. The molecule has 0 amide bonds. The normalized spacial score (nSPS) is 17.8. The second kappa shape index (κ2) is 6.36. The van der Waals surface area contributed by atoms with Gasteiger partial charge in [-0.25, -0.2) is 13.1 Å². The minimum Gasteiger partial charge on any atom is -0.465 e. The van der Waals surface area contributed by atoms with E-state index in [0.717, 1.165) is 5.56 Å². The number of benzene rings is 1. The van der Waals surface area contributed by atoms with E-state index < -0.39 is 27.5 Å². The molecule has 1 aromatic rings. The van der Waals surface area contributed by atoms with Crippen molar-refractivity contribution in [2.75, 3.05) is 13.2 Å². The number of aryl methyl sites for hydroxylation is 1. The number of sulfonamides is 1. The molecule has 2 N–H and O–H groups in total. The van der Waals surface area contributed by atoms with E-state index in [4.69, 9.17) is 4.74 Å². The molecule has 6 nitrogen and oxygen atoms in total. The van der Waals surface area contributed by atoms with Gasteiger partial charge in [-0.05, 0) is 38.8 Å². The number of hydrogen-bond donors (Lipinski definition) is 2. The molecule has 1 aromatic carbocycles. The highest BCUT2D eigenvalue weighted by Crippen LogP contribution is 2.49. The quantitative estimate of drug-likeness (QED) is 0.728. The van der Waals surface area contributed by atoms with Crippen LogP contribution < -0.4 is 4.72 Å². The molecule has 0 saturated heterocycles. The maximum absolute atomic E-state index is 12.2. The molecule has 0 bridgehead atoms. The molecule has 1 unspecified atom stereocenters. The van der Waals surface area contributed by atoms with Crippen molar-refractivity contribution in [3.05, 3.63) is 29.8 Å². The van der Waals surface area contributed by atoms with Crippen LogP contribution in [0.1, 0.15) is 25.3 Å². The molecule has 122 valence electrons. The summed E-state index contributed by atoms with van der Waals surface area (Å²) in [5, 5.41) is 10.2. The highest BCUT2D eigenvalue weighted by Gasteiger charge is 2.56. The summed E-state index contributed by atoms with van der Waals surface area (Å²) in [6.45, 7) is 3.58. The summed E-state index contributed by atoms with van der Waals surface area (Å²) in [4.78, 5) is 12.0. The van der Waals surface area contributed by atoms with Crippen LogP contribution in [0.3, 0.4) is 0 Å². The lowest BCUT2D eigenvalue weighted by molar-refractivity contribution is -0.154. The summed E-state index contributed by atoms with van der Waals surface area (Å²) in [5.41, 5.74) is 0.00412. The Balaban J connectivity index is 2.00. The van der Waals surface area contributed by atoms with Crippen molar-refractivity contribution in [3.8, 4) is 0 Å². The molecule has 0 radical (unpaired) electrons. The van der Waals surface area contributed by atoms with Gasteiger partial charge < -0.3 is 9.84 Å². The average Bonchev–Trinajstić information content (AvgIpc) is 3.27. The van der Waals surface area contributed by atoms with Crippen LogP contribution in [-0.4, -0.2) is 38.7 Å². The lowest BCUT2D eigenvalue weighted by atomic mass is 10.00. The van der Waals surface area contributed by atoms with Crippen molar-refractivity contribution >= 4 is 16.0 Å². The number of aliphatic hydroxyl groups is 1. The van der Waals surface area contributed by atoms with Crippen LogP contribution in [0.4, 0.5) is 0 Å². The monoisotopic (exact) mass is 327 g/mol. The van der Waals surface area contributed by atoms with Crippen molar-refractivity contribution in [2.24, 2.45) is 5.41 Å². The summed E-state index contributed by atoms with van der Waals surface area (Å²) in [6.07, 6.45) is -0.0646. The minimum atomic E-state index is -3.70. The lowest BCUT2D eigenvalue weighted by Gasteiger charge is -2.20. The molecule has 0 aromatic heterocycles. The van der Waals surface area contributed by atoms with E-state index in [1.165, 1.54) is 12.1 Å². The molecule has 0 aliphatic heterocycles. The van der Waals surface area contributed by atoms with E-state index in [0.29, 0.717) is 12.8 Å². The number of carbonyl (C=O) groups excluding carboxylic acids is 1. The van der Waals surface area contributed by atoms with Gasteiger partial charge in [0.25, 0.3) is 0 Å². The zero-order valence-corrected chi connectivity index (χ0v) is 13.5. The van der Waals surface area contributed by atoms with E-state index in [-0.39, 0.29) is 18.0 Å². The van der Waals surface area contributed by atoms with Crippen LogP contribution >= 0.6 is 0 Å². The van der Waals surface area contributed by atoms with Gasteiger partial charge >= 0.3 is 5.97 Å². The van der Waals surface area contributed by atoms with Crippen LogP contribution in [0.2, 0.25) is 0 Å². The van der Waals surface area contributed by atoms with Gasteiger partial charge in [0, 0.05) is 6.54 Å². The summed E-state index contributed by atoms with van der Waals surface area (Å²) < 4.78 is 31.6. The van der Waals surface area contributed by atoms with Gasteiger partial charge in [0.2, 0.25) is 10.0 Å². The first-order valence-corrected chi connectivity index (χ1v) is 8.72. The van der Waals surface area contributed by atoms with Crippen LogP contribution in [0, 0.1) is 12.3 Å². The minimum absolute atomic E-state index is 0.131. The summed E-state index contributed by atoms with van der Waals surface area (Å²) in [7, 11) is -3.70. The Bertz CT molecular complexity index is 634. The number of esters is 1. The van der Waals surface area contributed by atoms with E-state index in [2.05, 4.69) is 4.72 Å². The standard InChI is InChI=1S/C15H21NO5S/c1-3-21-14(18)15(8-9-15)13(17)10-16-22(19,20)12-6-4-11(2)5-7-12/h4-7,13,16-17H,3,8-10H2,1-2H3. The van der Waals surface area contributed by atoms with Crippen molar-refractivity contribution in [2.45, 2.75) is 37.7 Å². The Morgan fingerprint density at radius 1 is 1.36 bits per heavy atom. The lowest BCUT2D eigenvalue weighted by Crippen LogP contribution is -2.41. The fraction of sp³-hybridized carbons (Fsp3) is 0.533.